The van der Waals surface area contributed by atoms with Crippen molar-refractivity contribution in [3.05, 3.63) is 59.7 Å². The van der Waals surface area contributed by atoms with E-state index in [1.54, 1.807) is 36.4 Å². The molecule has 0 aliphatic rings. The van der Waals surface area contributed by atoms with E-state index >= 15 is 0 Å². The van der Waals surface area contributed by atoms with Gasteiger partial charge in [-0.3, -0.25) is 19.2 Å². The Kier molecular flexibility index (Phi) is 3.96. The van der Waals surface area contributed by atoms with Gasteiger partial charge in [0.2, 0.25) is 11.6 Å². The van der Waals surface area contributed by atoms with Gasteiger partial charge >= 0.3 is 0 Å². The summed E-state index contributed by atoms with van der Waals surface area (Å²) >= 11 is 0. The molecule has 0 atom stereocenters. The molecule has 0 amide bonds. The Morgan fingerprint density at radius 3 is 1.35 bits per heavy atom. The van der Waals surface area contributed by atoms with Gasteiger partial charge in [-0.1, -0.05) is 48.5 Å². The molecule has 98 valence electrons. The van der Waals surface area contributed by atoms with Gasteiger partial charge < -0.3 is 0 Å². The first-order chi connectivity index (χ1) is 9.69. The van der Waals surface area contributed by atoms with Crippen molar-refractivity contribution in [3.63, 3.8) is 0 Å². The fourth-order valence-electron chi connectivity index (χ4n) is 1.99. The van der Waals surface area contributed by atoms with E-state index in [0.717, 1.165) is 0 Å². The minimum Gasteiger partial charge on any atom is -0.294 e. The first kappa shape index (κ1) is 13.5. The Morgan fingerprint density at radius 1 is 0.650 bits per heavy atom. The van der Waals surface area contributed by atoms with Crippen LogP contribution in [0.3, 0.4) is 0 Å². The molecule has 2 aromatic carbocycles. The van der Waals surface area contributed by atoms with Gasteiger partial charge in [0.15, 0.2) is 12.6 Å². The molecule has 0 aromatic heterocycles. The molecule has 4 heteroatoms. The molecule has 0 radical (unpaired) electrons. The molecular formula is C16H10O4. The maximum absolute atomic E-state index is 11.6. The standard InChI is InChI=1S/C16H10O4/c17-9-15(19)13-7-3-1-5-11(13)12-6-2-4-8-14(12)16(20)10-18/h1-10H. The van der Waals surface area contributed by atoms with E-state index in [4.69, 9.17) is 0 Å². The van der Waals surface area contributed by atoms with Gasteiger partial charge in [0.25, 0.3) is 0 Å². The lowest BCUT2D eigenvalue weighted by Crippen LogP contribution is -2.06. The van der Waals surface area contributed by atoms with Crippen molar-refractivity contribution in [2.75, 3.05) is 0 Å². The second kappa shape index (κ2) is 5.84. The number of hydrogen-bond donors (Lipinski definition) is 0. The average Bonchev–Trinajstić information content (AvgIpc) is 2.53. The highest BCUT2D eigenvalue weighted by atomic mass is 16.2. The molecular weight excluding hydrogens is 256 g/mol. The van der Waals surface area contributed by atoms with Gasteiger partial charge in [-0.25, -0.2) is 0 Å². The SMILES string of the molecule is O=CC(=O)c1ccccc1-c1ccccc1C(=O)C=O. The van der Waals surface area contributed by atoms with Gasteiger partial charge in [-0.05, 0) is 11.1 Å². The minimum absolute atomic E-state index is 0.202. The molecule has 4 nitrogen and oxygen atoms in total. The summed E-state index contributed by atoms with van der Waals surface area (Å²) in [6, 6.07) is 12.9. The second-order valence-electron chi connectivity index (χ2n) is 4.06. The molecule has 0 bridgehead atoms. The van der Waals surface area contributed by atoms with Gasteiger partial charge in [-0.15, -0.1) is 0 Å². The van der Waals surface area contributed by atoms with Crippen molar-refractivity contribution >= 4 is 24.1 Å². The van der Waals surface area contributed by atoms with E-state index < -0.39 is 11.6 Å². The Labute approximate surface area is 115 Å². The van der Waals surface area contributed by atoms with Gasteiger partial charge in [0.1, 0.15) is 0 Å². The zero-order valence-corrected chi connectivity index (χ0v) is 10.4. The number of ketones is 2. The molecule has 20 heavy (non-hydrogen) atoms. The van der Waals surface area contributed by atoms with Crippen LogP contribution in [-0.4, -0.2) is 24.1 Å². The van der Waals surface area contributed by atoms with Crippen molar-refractivity contribution in [1.82, 2.24) is 0 Å². The summed E-state index contributed by atoms with van der Waals surface area (Å²) < 4.78 is 0. The fourth-order valence-corrected chi connectivity index (χ4v) is 1.99. The summed E-state index contributed by atoms with van der Waals surface area (Å²) in [5.41, 5.74) is 1.31. The van der Waals surface area contributed by atoms with Crippen molar-refractivity contribution in [3.8, 4) is 11.1 Å². The number of carbonyl (C=O) groups excluding carboxylic acids is 4. The molecule has 0 aliphatic heterocycles. The van der Waals surface area contributed by atoms with Crippen LogP contribution in [-0.2, 0) is 9.59 Å². The van der Waals surface area contributed by atoms with E-state index in [1.165, 1.54) is 12.1 Å². The Balaban J connectivity index is 2.69. The number of aldehydes is 2. The number of Topliss-reactive ketones (excluding diaryl/α,β-unsaturated/α-hetero) is 2. The zero-order valence-electron chi connectivity index (χ0n) is 10.4. The molecule has 0 heterocycles. The zero-order chi connectivity index (χ0) is 14.5. The van der Waals surface area contributed by atoms with Gasteiger partial charge in [0.05, 0.1) is 0 Å². The van der Waals surface area contributed by atoms with Crippen LogP contribution in [0.4, 0.5) is 0 Å². The average molecular weight is 266 g/mol. The number of benzene rings is 2. The maximum Gasteiger partial charge on any atom is 0.225 e. The predicted octanol–water partition coefficient (Wildman–Crippen LogP) is 2.12. The van der Waals surface area contributed by atoms with Gasteiger partial charge in [-0.2, -0.15) is 0 Å². The quantitative estimate of drug-likeness (QED) is 0.472. The molecule has 0 aliphatic carbocycles. The van der Waals surface area contributed by atoms with Crippen LogP contribution in [0.15, 0.2) is 48.5 Å². The van der Waals surface area contributed by atoms with E-state index in [-0.39, 0.29) is 23.7 Å². The van der Waals surface area contributed by atoms with Crippen LogP contribution in [0.2, 0.25) is 0 Å². The summed E-state index contributed by atoms with van der Waals surface area (Å²) in [7, 11) is 0. The summed E-state index contributed by atoms with van der Waals surface area (Å²) in [5.74, 6) is -1.34. The third kappa shape index (κ3) is 2.44. The molecule has 0 N–H and O–H groups in total. The van der Waals surface area contributed by atoms with Crippen molar-refractivity contribution in [1.29, 1.82) is 0 Å². The van der Waals surface area contributed by atoms with E-state index in [9.17, 15) is 19.2 Å². The molecule has 0 saturated heterocycles. The lowest BCUT2D eigenvalue weighted by Gasteiger charge is -2.09. The maximum atomic E-state index is 11.6. The fraction of sp³-hybridized carbons (Fsp3) is 0. The Hall–Kier alpha value is -2.88. The largest absolute Gasteiger partial charge is 0.294 e. The smallest absolute Gasteiger partial charge is 0.225 e. The highest BCUT2D eigenvalue weighted by Crippen LogP contribution is 2.27. The number of rotatable bonds is 5. The minimum atomic E-state index is -0.672. The Bertz CT molecular complexity index is 640. The first-order valence-corrected chi connectivity index (χ1v) is 5.86. The van der Waals surface area contributed by atoms with Crippen LogP contribution in [0.25, 0.3) is 11.1 Å². The molecule has 0 spiro atoms. The van der Waals surface area contributed by atoms with E-state index in [0.29, 0.717) is 11.1 Å². The summed E-state index contributed by atoms with van der Waals surface area (Å²) in [4.78, 5) is 44.7. The number of hydrogen-bond acceptors (Lipinski definition) is 4. The van der Waals surface area contributed by atoms with E-state index in [2.05, 4.69) is 0 Å². The third-order valence-corrected chi connectivity index (χ3v) is 2.89. The van der Waals surface area contributed by atoms with Crippen molar-refractivity contribution in [2.24, 2.45) is 0 Å². The summed E-state index contributed by atoms with van der Waals surface area (Å²) in [5, 5.41) is 0. The highest BCUT2D eigenvalue weighted by Gasteiger charge is 2.16. The highest BCUT2D eigenvalue weighted by molar-refractivity contribution is 6.37. The predicted molar refractivity (Wildman–Crippen MR) is 72.7 cm³/mol. The molecule has 0 unspecified atom stereocenters. The van der Waals surface area contributed by atoms with Crippen LogP contribution in [0.5, 0.6) is 0 Å². The summed E-state index contributed by atoms with van der Waals surface area (Å²) in [6.07, 6.45) is 0.450. The van der Waals surface area contributed by atoms with Crippen LogP contribution >= 0.6 is 0 Å². The molecule has 2 aromatic rings. The summed E-state index contributed by atoms with van der Waals surface area (Å²) in [6.45, 7) is 0. The van der Waals surface area contributed by atoms with Crippen LogP contribution in [0.1, 0.15) is 20.7 Å². The lowest BCUT2D eigenvalue weighted by molar-refractivity contribution is -0.105. The lowest BCUT2D eigenvalue weighted by atomic mass is 9.92. The monoisotopic (exact) mass is 266 g/mol. The van der Waals surface area contributed by atoms with Crippen LogP contribution < -0.4 is 0 Å². The molecule has 0 saturated carbocycles. The normalized spacial score (nSPS) is 9.80. The van der Waals surface area contributed by atoms with Gasteiger partial charge in [0, 0.05) is 11.1 Å². The molecule has 2 rings (SSSR count). The first-order valence-electron chi connectivity index (χ1n) is 5.86. The van der Waals surface area contributed by atoms with Crippen molar-refractivity contribution in [2.45, 2.75) is 0 Å². The molecule has 0 fully saturated rings. The van der Waals surface area contributed by atoms with Crippen molar-refractivity contribution < 1.29 is 19.2 Å². The number of carbonyl (C=O) groups is 4. The second-order valence-corrected chi connectivity index (χ2v) is 4.06. The van der Waals surface area contributed by atoms with Crippen LogP contribution in [0, 0.1) is 0 Å². The Morgan fingerprint density at radius 2 is 1.00 bits per heavy atom. The van der Waals surface area contributed by atoms with E-state index in [1.807, 2.05) is 0 Å². The third-order valence-electron chi connectivity index (χ3n) is 2.89. The topological polar surface area (TPSA) is 68.3 Å².